The van der Waals surface area contributed by atoms with Crippen LogP contribution in [0.2, 0.25) is 0 Å². The summed E-state index contributed by atoms with van der Waals surface area (Å²) in [6.45, 7) is 1.62. The molecule has 1 aromatic carbocycles. The SMILES string of the molecule is CC(F)COSc1ccccc1.SI. The Morgan fingerprint density at radius 2 is 2.00 bits per heavy atom. The van der Waals surface area contributed by atoms with Gasteiger partial charge in [-0.15, -0.1) is 9.80 Å². The predicted molar refractivity (Wildman–Crippen MR) is 71.8 cm³/mol. The van der Waals surface area contributed by atoms with Crippen molar-refractivity contribution in [3.8, 4) is 0 Å². The van der Waals surface area contributed by atoms with Crippen LogP contribution in [0.25, 0.3) is 0 Å². The third-order valence-electron chi connectivity index (χ3n) is 1.20. The van der Waals surface area contributed by atoms with Gasteiger partial charge in [-0.3, -0.25) is 0 Å². The largest absolute Gasteiger partial charge is 0.307 e. The lowest BCUT2D eigenvalue weighted by Gasteiger charge is -2.02. The quantitative estimate of drug-likeness (QED) is 0.494. The van der Waals surface area contributed by atoms with Gasteiger partial charge in [0.1, 0.15) is 6.17 Å². The second-order valence-electron chi connectivity index (χ2n) is 2.46. The third-order valence-corrected chi connectivity index (χ3v) is 1.91. The molecule has 0 aliphatic carbocycles. The Labute approximate surface area is 106 Å². The first-order valence-electron chi connectivity index (χ1n) is 3.94. The van der Waals surface area contributed by atoms with E-state index in [1.54, 1.807) is 0 Å². The maximum Gasteiger partial charge on any atom is 0.122 e. The molecule has 1 atom stereocenters. The third kappa shape index (κ3) is 7.90. The predicted octanol–water partition coefficient (Wildman–Crippen LogP) is 4.33. The first kappa shape index (κ1) is 14.5. The van der Waals surface area contributed by atoms with Crippen molar-refractivity contribution in [1.82, 2.24) is 0 Å². The molecule has 0 radical (unpaired) electrons. The second-order valence-corrected chi connectivity index (χ2v) is 3.34. The van der Waals surface area contributed by atoms with Crippen LogP contribution in [-0.2, 0) is 4.18 Å². The Kier molecular flexibility index (Phi) is 10.5. The van der Waals surface area contributed by atoms with E-state index in [1.165, 1.54) is 19.0 Å². The lowest BCUT2D eigenvalue weighted by molar-refractivity contribution is 0.235. The van der Waals surface area contributed by atoms with Crippen molar-refractivity contribution in [3.63, 3.8) is 0 Å². The average Bonchev–Trinajstić information content (AvgIpc) is 2.22. The van der Waals surface area contributed by atoms with E-state index in [4.69, 9.17) is 4.18 Å². The Balaban J connectivity index is 0.000000791. The molecule has 0 bridgehead atoms. The molecule has 0 amide bonds. The lowest BCUT2D eigenvalue weighted by atomic mass is 10.4. The van der Waals surface area contributed by atoms with Crippen molar-refractivity contribution in [1.29, 1.82) is 0 Å². The van der Waals surface area contributed by atoms with Gasteiger partial charge in [-0.1, -0.05) is 18.2 Å². The van der Waals surface area contributed by atoms with Gasteiger partial charge in [-0.05, 0) is 40.3 Å². The fraction of sp³-hybridized carbons (Fsp3) is 0.333. The highest BCUT2D eigenvalue weighted by molar-refractivity contribution is 14.2. The molecule has 0 N–H and O–H groups in total. The summed E-state index contributed by atoms with van der Waals surface area (Å²) in [6.07, 6.45) is -0.902. The molecule has 0 fully saturated rings. The molecule has 0 saturated carbocycles. The van der Waals surface area contributed by atoms with Crippen molar-refractivity contribution >= 4 is 43.0 Å². The summed E-state index contributed by atoms with van der Waals surface area (Å²) in [5.74, 6) is 0. The topological polar surface area (TPSA) is 9.23 Å². The Morgan fingerprint density at radius 1 is 1.43 bits per heavy atom. The monoisotopic (exact) mass is 346 g/mol. The average molecular weight is 346 g/mol. The molecule has 0 heterocycles. The molecular weight excluding hydrogens is 334 g/mol. The normalized spacial score (nSPS) is 11.4. The zero-order valence-electron chi connectivity index (χ0n) is 7.69. The molecule has 1 aromatic rings. The minimum atomic E-state index is -0.902. The van der Waals surface area contributed by atoms with E-state index in [0.717, 1.165) is 4.90 Å². The summed E-state index contributed by atoms with van der Waals surface area (Å²) >= 11 is 3.05. The van der Waals surface area contributed by atoms with Crippen LogP contribution in [0.15, 0.2) is 35.2 Å². The molecule has 0 aromatic heterocycles. The van der Waals surface area contributed by atoms with Crippen LogP contribution >= 0.6 is 43.0 Å². The maximum atomic E-state index is 12.3. The Bertz CT molecular complexity index is 221. The molecule has 1 nitrogen and oxygen atoms in total. The van der Waals surface area contributed by atoms with Gasteiger partial charge in [0.2, 0.25) is 0 Å². The van der Waals surface area contributed by atoms with Crippen LogP contribution in [-0.4, -0.2) is 12.8 Å². The van der Waals surface area contributed by atoms with Gasteiger partial charge < -0.3 is 4.18 Å². The fourth-order valence-electron chi connectivity index (χ4n) is 0.672. The highest BCUT2D eigenvalue weighted by Gasteiger charge is 1.98. The molecule has 5 heteroatoms. The van der Waals surface area contributed by atoms with Crippen LogP contribution in [0.3, 0.4) is 0 Å². The van der Waals surface area contributed by atoms with Crippen LogP contribution in [0.1, 0.15) is 6.92 Å². The summed E-state index contributed by atoms with van der Waals surface area (Å²) in [6, 6.07) is 9.62. The van der Waals surface area contributed by atoms with E-state index >= 15 is 0 Å². The summed E-state index contributed by atoms with van der Waals surface area (Å²) in [5, 5.41) is 0. The summed E-state index contributed by atoms with van der Waals surface area (Å²) in [7, 11) is 3.50. The number of hydrogen-bond donors (Lipinski definition) is 1. The standard InChI is InChI=1S/C9H11FOS.HIS/c1-8(10)7-11-12-9-5-3-2-4-6-9;1-2/h2-6,8H,7H2,1H3;2H. The van der Waals surface area contributed by atoms with Crippen LogP contribution < -0.4 is 0 Å². The molecule has 0 aliphatic rings. The highest BCUT2D eigenvalue weighted by atomic mass is 127. The van der Waals surface area contributed by atoms with Gasteiger partial charge in [0.15, 0.2) is 0 Å². The smallest absolute Gasteiger partial charge is 0.122 e. The summed E-state index contributed by atoms with van der Waals surface area (Å²) in [5.41, 5.74) is 0. The van der Waals surface area contributed by atoms with E-state index in [-0.39, 0.29) is 6.61 Å². The molecule has 0 aliphatic heterocycles. The fourth-order valence-corrected chi connectivity index (χ4v) is 1.33. The van der Waals surface area contributed by atoms with Gasteiger partial charge in [0, 0.05) is 16.9 Å². The van der Waals surface area contributed by atoms with Crippen molar-refractivity contribution in [3.05, 3.63) is 30.3 Å². The van der Waals surface area contributed by atoms with E-state index in [9.17, 15) is 4.39 Å². The molecular formula is C9H12FIOS2. The number of alkyl halides is 1. The Hall–Kier alpha value is 0.540. The summed E-state index contributed by atoms with van der Waals surface area (Å²) < 4.78 is 17.3. The molecule has 14 heavy (non-hydrogen) atoms. The van der Waals surface area contributed by atoms with Crippen molar-refractivity contribution in [2.24, 2.45) is 0 Å². The highest BCUT2D eigenvalue weighted by Crippen LogP contribution is 2.18. The maximum absolute atomic E-state index is 12.3. The number of benzene rings is 1. The first-order valence-corrected chi connectivity index (χ1v) is 7.92. The van der Waals surface area contributed by atoms with E-state index in [1.807, 2.05) is 51.5 Å². The van der Waals surface area contributed by atoms with Gasteiger partial charge in [0.05, 0.1) is 6.61 Å². The van der Waals surface area contributed by atoms with Crippen molar-refractivity contribution < 1.29 is 8.57 Å². The zero-order chi connectivity index (χ0) is 10.8. The van der Waals surface area contributed by atoms with Gasteiger partial charge in [-0.2, -0.15) is 0 Å². The minimum Gasteiger partial charge on any atom is -0.307 e. The minimum absolute atomic E-state index is 0.138. The molecule has 80 valence electrons. The van der Waals surface area contributed by atoms with Crippen molar-refractivity contribution in [2.45, 2.75) is 18.0 Å². The van der Waals surface area contributed by atoms with E-state index in [0.29, 0.717) is 0 Å². The van der Waals surface area contributed by atoms with Gasteiger partial charge >= 0.3 is 0 Å². The summed E-state index contributed by atoms with van der Waals surface area (Å²) in [4.78, 5) is 0.998. The van der Waals surface area contributed by atoms with E-state index in [2.05, 4.69) is 9.80 Å². The van der Waals surface area contributed by atoms with Crippen LogP contribution in [0, 0.1) is 0 Å². The number of hydrogen-bond acceptors (Lipinski definition) is 3. The zero-order valence-corrected chi connectivity index (χ0v) is 11.6. The first-order chi connectivity index (χ1) is 6.79. The Morgan fingerprint density at radius 3 is 2.50 bits per heavy atom. The number of halogens is 2. The molecule has 1 unspecified atom stereocenters. The van der Waals surface area contributed by atoms with Gasteiger partial charge in [-0.25, -0.2) is 4.39 Å². The molecule has 0 saturated heterocycles. The van der Waals surface area contributed by atoms with E-state index < -0.39 is 6.17 Å². The second kappa shape index (κ2) is 10.1. The van der Waals surface area contributed by atoms with Crippen molar-refractivity contribution in [2.75, 3.05) is 6.61 Å². The number of rotatable bonds is 4. The lowest BCUT2D eigenvalue weighted by Crippen LogP contribution is -2.00. The van der Waals surface area contributed by atoms with Gasteiger partial charge in [0.25, 0.3) is 0 Å². The molecule has 0 spiro atoms. The van der Waals surface area contributed by atoms with Crippen LogP contribution in [0.5, 0.6) is 0 Å². The van der Waals surface area contributed by atoms with Crippen LogP contribution in [0.4, 0.5) is 4.39 Å². The molecule has 1 rings (SSSR count). The number of thiol groups is 1.